The van der Waals surface area contributed by atoms with Gasteiger partial charge in [-0.25, -0.2) is 8.42 Å². The summed E-state index contributed by atoms with van der Waals surface area (Å²) < 4.78 is 27.0. The van der Waals surface area contributed by atoms with Crippen molar-refractivity contribution < 1.29 is 8.42 Å². The Hall–Kier alpha value is -2.40. The first kappa shape index (κ1) is 13.6. The molecule has 3 aromatic rings. The normalized spacial score (nSPS) is 11.5. The van der Waals surface area contributed by atoms with Crippen LogP contribution < -0.4 is 4.31 Å². The second-order valence-corrected chi connectivity index (χ2v) is 6.60. The van der Waals surface area contributed by atoms with Gasteiger partial charge in [-0.1, -0.05) is 30.3 Å². The summed E-state index contributed by atoms with van der Waals surface area (Å²) >= 11 is 0. The molecule has 0 amide bonds. The average Bonchev–Trinajstić information content (AvgIpc) is 2.54. The zero-order valence-electron chi connectivity index (χ0n) is 11.5. The predicted molar refractivity (Wildman–Crippen MR) is 83.8 cm³/mol. The van der Waals surface area contributed by atoms with Gasteiger partial charge in [-0.05, 0) is 24.3 Å². The Bertz CT molecular complexity index is 872. The standard InChI is InChI=1S/C16H14N2O2S/c1-18(14-7-3-2-4-8-14)21(19,20)16-9-5-6-13-12-17-11-10-15(13)16/h2-12H,1H3. The maximum absolute atomic E-state index is 12.9. The topological polar surface area (TPSA) is 50.3 Å². The van der Waals surface area contributed by atoms with Gasteiger partial charge >= 0.3 is 0 Å². The number of fused-ring (bicyclic) bond motifs is 1. The van der Waals surface area contributed by atoms with Gasteiger partial charge in [0.1, 0.15) is 0 Å². The van der Waals surface area contributed by atoms with Crippen molar-refractivity contribution in [3.8, 4) is 0 Å². The number of rotatable bonds is 3. The van der Waals surface area contributed by atoms with Gasteiger partial charge in [0.05, 0.1) is 10.6 Å². The predicted octanol–water partition coefficient (Wildman–Crippen LogP) is 3.06. The fourth-order valence-corrected chi connectivity index (χ4v) is 3.65. The van der Waals surface area contributed by atoms with E-state index >= 15 is 0 Å². The molecule has 21 heavy (non-hydrogen) atoms. The summed E-state index contributed by atoms with van der Waals surface area (Å²) in [5, 5.41) is 1.48. The molecule has 0 aliphatic heterocycles. The summed E-state index contributed by atoms with van der Waals surface area (Å²) in [6, 6.07) is 15.9. The van der Waals surface area contributed by atoms with Crippen LogP contribution in [0.15, 0.2) is 71.9 Å². The van der Waals surface area contributed by atoms with Gasteiger partial charge in [-0.3, -0.25) is 9.29 Å². The van der Waals surface area contributed by atoms with E-state index in [9.17, 15) is 8.42 Å². The summed E-state index contributed by atoms with van der Waals surface area (Å²) in [7, 11) is -2.05. The zero-order chi connectivity index (χ0) is 14.9. The molecule has 0 unspecified atom stereocenters. The number of hydrogen-bond donors (Lipinski definition) is 0. The van der Waals surface area contributed by atoms with Crippen LogP contribution in [-0.2, 0) is 10.0 Å². The molecule has 0 fully saturated rings. The van der Waals surface area contributed by atoms with Gasteiger partial charge in [0, 0.05) is 30.2 Å². The number of anilines is 1. The van der Waals surface area contributed by atoms with E-state index in [4.69, 9.17) is 0 Å². The molecule has 0 atom stereocenters. The molecule has 5 heteroatoms. The molecule has 1 heterocycles. The maximum Gasteiger partial charge on any atom is 0.264 e. The highest BCUT2D eigenvalue weighted by Crippen LogP contribution is 2.27. The first-order valence-electron chi connectivity index (χ1n) is 6.47. The molecule has 0 aliphatic rings. The number of pyridine rings is 1. The number of hydrogen-bond acceptors (Lipinski definition) is 3. The van der Waals surface area contributed by atoms with Crippen LogP contribution in [-0.4, -0.2) is 20.4 Å². The van der Waals surface area contributed by atoms with E-state index in [1.165, 1.54) is 4.31 Å². The van der Waals surface area contributed by atoms with Crippen molar-refractivity contribution >= 4 is 26.5 Å². The summed E-state index contributed by atoms with van der Waals surface area (Å²) in [4.78, 5) is 4.32. The van der Waals surface area contributed by atoms with Crippen LogP contribution in [0.25, 0.3) is 10.8 Å². The van der Waals surface area contributed by atoms with Gasteiger partial charge in [0.2, 0.25) is 0 Å². The summed E-state index contributed by atoms with van der Waals surface area (Å²) in [5.74, 6) is 0. The molecule has 1 aromatic heterocycles. The molecular weight excluding hydrogens is 284 g/mol. The van der Waals surface area contributed by atoms with Crippen LogP contribution in [0.2, 0.25) is 0 Å². The smallest absolute Gasteiger partial charge is 0.264 e. The minimum absolute atomic E-state index is 0.286. The van der Waals surface area contributed by atoms with Gasteiger partial charge in [0.15, 0.2) is 0 Å². The molecule has 4 nitrogen and oxygen atoms in total. The molecule has 2 aromatic carbocycles. The van der Waals surface area contributed by atoms with E-state index in [2.05, 4.69) is 4.98 Å². The first-order chi connectivity index (χ1) is 10.1. The number of benzene rings is 2. The summed E-state index contributed by atoms with van der Waals surface area (Å²) in [6.45, 7) is 0. The van der Waals surface area contributed by atoms with E-state index in [1.807, 2.05) is 24.3 Å². The molecule has 3 rings (SSSR count). The van der Waals surface area contributed by atoms with Crippen molar-refractivity contribution in [2.24, 2.45) is 0 Å². The Morgan fingerprint density at radius 1 is 0.952 bits per heavy atom. The Morgan fingerprint density at radius 3 is 2.48 bits per heavy atom. The van der Waals surface area contributed by atoms with Crippen LogP contribution in [0, 0.1) is 0 Å². The summed E-state index contributed by atoms with van der Waals surface area (Å²) in [6.07, 6.45) is 3.26. The highest BCUT2D eigenvalue weighted by molar-refractivity contribution is 7.93. The van der Waals surface area contributed by atoms with Gasteiger partial charge in [0.25, 0.3) is 10.0 Å². The number of sulfonamides is 1. The summed E-state index contributed by atoms with van der Waals surface area (Å²) in [5.41, 5.74) is 0.628. The lowest BCUT2D eigenvalue weighted by molar-refractivity contribution is 0.595. The SMILES string of the molecule is CN(c1ccccc1)S(=O)(=O)c1cccc2cnccc12. The zero-order valence-corrected chi connectivity index (χ0v) is 12.3. The lowest BCUT2D eigenvalue weighted by Gasteiger charge is -2.20. The van der Waals surface area contributed by atoms with Crippen LogP contribution in [0.5, 0.6) is 0 Å². The Kier molecular flexibility index (Phi) is 3.35. The monoisotopic (exact) mass is 298 g/mol. The Morgan fingerprint density at radius 2 is 1.71 bits per heavy atom. The number of aromatic nitrogens is 1. The first-order valence-corrected chi connectivity index (χ1v) is 7.91. The number of nitrogens with zero attached hydrogens (tertiary/aromatic N) is 2. The van der Waals surface area contributed by atoms with Gasteiger partial charge in [-0.15, -0.1) is 0 Å². The number of para-hydroxylation sites is 1. The fourth-order valence-electron chi connectivity index (χ4n) is 2.24. The second-order valence-electron chi connectivity index (χ2n) is 4.66. The Labute approximate surface area is 123 Å². The molecule has 0 bridgehead atoms. The van der Waals surface area contributed by atoms with E-state index < -0.39 is 10.0 Å². The highest BCUT2D eigenvalue weighted by Gasteiger charge is 2.23. The maximum atomic E-state index is 12.9. The molecule has 0 spiro atoms. The fraction of sp³-hybridized carbons (Fsp3) is 0.0625. The molecule has 0 saturated heterocycles. The van der Waals surface area contributed by atoms with Gasteiger partial charge < -0.3 is 0 Å². The molecule has 106 valence electrons. The van der Waals surface area contributed by atoms with E-state index in [-0.39, 0.29) is 4.90 Å². The van der Waals surface area contributed by atoms with Gasteiger partial charge in [-0.2, -0.15) is 0 Å². The highest BCUT2D eigenvalue weighted by atomic mass is 32.2. The van der Waals surface area contributed by atoms with Crippen molar-refractivity contribution in [2.75, 3.05) is 11.4 Å². The van der Waals surface area contributed by atoms with Crippen molar-refractivity contribution in [3.05, 3.63) is 67.0 Å². The lowest BCUT2D eigenvalue weighted by atomic mass is 10.2. The van der Waals surface area contributed by atoms with Crippen LogP contribution in [0.4, 0.5) is 5.69 Å². The minimum atomic E-state index is -3.61. The Balaban J connectivity index is 2.17. The third-order valence-electron chi connectivity index (χ3n) is 3.40. The van der Waals surface area contributed by atoms with E-state index in [0.29, 0.717) is 11.1 Å². The minimum Gasteiger partial charge on any atom is -0.269 e. The van der Waals surface area contributed by atoms with E-state index in [1.54, 1.807) is 49.8 Å². The van der Waals surface area contributed by atoms with Crippen molar-refractivity contribution in [2.45, 2.75) is 4.90 Å². The molecule has 0 aliphatic carbocycles. The van der Waals surface area contributed by atoms with E-state index in [0.717, 1.165) is 5.39 Å². The van der Waals surface area contributed by atoms with Crippen LogP contribution >= 0.6 is 0 Å². The van der Waals surface area contributed by atoms with Crippen LogP contribution in [0.1, 0.15) is 0 Å². The third-order valence-corrected chi connectivity index (χ3v) is 5.24. The average molecular weight is 298 g/mol. The molecule has 0 saturated carbocycles. The van der Waals surface area contributed by atoms with Crippen LogP contribution in [0.3, 0.4) is 0 Å². The largest absolute Gasteiger partial charge is 0.269 e. The second kappa shape index (κ2) is 5.18. The lowest BCUT2D eigenvalue weighted by Crippen LogP contribution is -2.26. The van der Waals surface area contributed by atoms with Crippen molar-refractivity contribution in [3.63, 3.8) is 0 Å². The quantitative estimate of drug-likeness (QED) is 0.746. The molecule has 0 radical (unpaired) electrons. The van der Waals surface area contributed by atoms with Crippen molar-refractivity contribution in [1.82, 2.24) is 4.98 Å². The molecule has 0 N–H and O–H groups in total. The molecular formula is C16H14N2O2S. The van der Waals surface area contributed by atoms with Crippen molar-refractivity contribution in [1.29, 1.82) is 0 Å². The third kappa shape index (κ3) is 2.36.